The Kier molecular flexibility index (Phi) is 6.28. The van der Waals surface area contributed by atoms with Crippen molar-refractivity contribution in [2.24, 2.45) is 0 Å². The minimum atomic E-state index is -1.49. The number of benzene rings is 2. The van der Waals surface area contributed by atoms with Gasteiger partial charge in [-0.3, -0.25) is 9.59 Å². The van der Waals surface area contributed by atoms with Crippen molar-refractivity contribution in [1.29, 1.82) is 0 Å². The number of hydrogen-bond donors (Lipinski definition) is 2. The third kappa shape index (κ3) is 4.36. The molecule has 0 bridgehead atoms. The van der Waals surface area contributed by atoms with Crippen LogP contribution in [0.2, 0.25) is 0 Å². The minimum Gasteiger partial charge on any atom is -0.479 e. The second-order valence-corrected chi connectivity index (χ2v) is 6.27. The fourth-order valence-electron chi connectivity index (χ4n) is 2.83. The molecule has 2 aromatic carbocycles. The lowest BCUT2D eigenvalue weighted by Gasteiger charge is -2.30. The summed E-state index contributed by atoms with van der Waals surface area (Å²) in [7, 11) is 0. The van der Waals surface area contributed by atoms with E-state index in [0.29, 0.717) is 11.1 Å². The molecule has 0 aromatic heterocycles. The van der Waals surface area contributed by atoms with E-state index in [0.717, 1.165) is 5.56 Å². The summed E-state index contributed by atoms with van der Waals surface area (Å²) in [4.78, 5) is 36.5. The van der Waals surface area contributed by atoms with Crippen LogP contribution in [-0.4, -0.2) is 22.8 Å². The van der Waals surface area contributed by atoms with Crippen molar-refractivity contribution in [3.63, 3.8) is 0 Å². The van der Waals surface area contributed by atoms with Crippen molar-refractivity contribution in [3.8, 4) is 0 Å². The van der Waals surface area contributed by atoms with Gasteiger partial charge in [0.05, 0.1) is 0 Å². The number of Topliss-reactive ketones (excluding diaryl/α,β-unsaturated/α-hetero) is 1. The predicted octanol–water partition coefficient (Wildman–Crippen LogP) is 3.46. The van der Waals surface area contributed by atoms with Crippen molar-refractivity contribution >= 4 is 17.7 Å². The number of amides is 1. The molecular formula is C21H23NO4. The van der Waals surface area contributed by atoms with Crippen LogP contribution < -0.4 is 5.32 Å². The maximum absolute atomic E-state index is 12.4. The van der Waals surface area contributed by atoms with Crippen LogP contribution in [0.15, 0.2) is 54.6 Å². The smallest absolute Gasteiger partial charge is 0.334 e. The van der Waals surface area contributed by atoms with Crippen LogP contribution in [0.1, 0.15) is 47.7 Å². The average Bonchev–Trinajstić information content (AvgIpc) is 2.65. The van der Waals surface area contributed by atoms with Gasteiger partial charge in [-0.25, -0.2) is 4.79 Å². The van der Waals surface area contributed by atoms with E-state index in [1.54, 1.807) is 49.4 Å². The quantitative estimate of drug-likeness (QED) is 0.712. The number of aryl methyl sites for hydroxylation is 1. The number of hydrogen-bond acceptors (Lipinski definition) is 3. The number of ketones is 1. The van der Waals surface area contributed by atoms with Gasteiger partial charge in [-0.2, -0.15) is 0 Å². The average molecular weight is 353 g/mol. The summed E-state index contributed by atoms with van der Waals surface area (Å²) in [5, 5.41) is 12.3. The van der Waals surface area contributed by atoms with Gasteiger partial charge < -0.3 is 10.4 Å². The first kappa shape index (κ1) is 19.4. The monoisotopic (exact) mass is 353 g/mol. The molecule has 0 radical (unpaired) electrons. The van der Waals surface area contributed by atoms with Crippen LogP contribution in [0.5, 0.6) is 0 Å². The van der Waals surface area contributed by atoms with E-state index in [1.165, 1.54) is 0 Å². The molecule has 1 atom stereocenters. The molecule has 5 heteroatoms. The summed E-state index contributed by atoms with van der Waals surface area (Å²) in [5.74, 6) is -1.72. The summed E-state index contributed by atoms with van der Waals surface area (Å²) in [5.41, 5.74) is 0.613. The number of carbonyl (C=O) groups is 3. The first-order chi connectivity index (χ1) is 12.4. The van der Waals surface area contributed by atoms with Crippen LogP contribution >= 0.6 is 0 Å². The lowest BCUT2D eigenvalue weighted by Crippen LogP contribution is -2.51. The van der Waals surface area contributed by atoms with Gasteiger partial charge in [0, 0.05) is 18.4 Å². The fraction of sp³-hybridized carbons (Fsp3) is 0.286. The number of carboxylic acid groups (broad SMARTS) is 1. The van der Waals surface area contributed by atoms with Gasteiger partial charge in [-0.15, -0.1) is 0 Å². The van der Waals surface area contributed by atoms with Crippen LogP contribution in [-0.2, 0) is 15.1 Å². The van der Waals surface area contributed by atoms with E-state index in [2.05, 4.69) is 5.32 Å². The van der Waals surface area contributed by atoms with E-state index in [4.69, 9.17) is 0 Å². The van der Waals surface area contributed by atoms with Gasteiger partial charge in [0.1, 0.15) is 0 Å². The molecule has 2 N–H and O–H groups in total. The first-order valence-electron chi connectivity index (χ1n) is 8.59. The molecule has 0 aliphatic rings. The highest BCUT2D eigenvalue weighted by atomic mass is 16.4. The van der Waals surface area contributed by atoms with Crippen molar-refractivity contribution in [3.05, 3.63) is 71.3 Å². The van der Waals surface area contributed by atoms with Crippen molar-refractivity contribution in [1.82, 2.24) is 5.32 Å². The third-order valence-corrected chi connectivity index (χ3v) is 4.47. The summed E-state index contributed by atoms with van der Waals surface area (Å²) < 4.78 is 0. The highest BCUT2D eigenvalue weighted by Gasteiger charge is 2.40. The zero-order chi connectivity index (χ0) is 19.2. The minimum absolute atomic E-state index is 0.0309. The van der Waals surface area contributed by atoms with Gasteiger partial charge in [0.25, 0.3) is 0 Å². The Bertz CT molecular complexity index is 783. The molecule has 136 valence electrons. The van der Waals surface area contributed by atoms with E-state index in [-0.39, 0.29) is 25.0 Å². The Morgan fingerprint density at radius 2 is 1.58 bits per heavy atom. The maximum Gasteiger partial charge on any atom is 0.334 e. The molecule has 26 heavy (non-hydrogen) atoms. The molecule has 1 unspecified atom stereocenters. The summed E-state index contributed by atoms with van der Waals surface area (Å²) in [6.45, 7) is 3.64. The Labute approximate surface area is 153 Å². The molecule has 0 saturated heterocycles. The first-order valence-corrected chi connectivity index (χ1v) is 8.59. The lowest BCUT2D eigenvalue weighted by molar-refractivity contribution is -0.148. The standard InChI is InChI=1S/C21H23NO4/c1-3-21(20(25)26,17-7-5-4-6-8-17)22-19(24)14-13-18(23)16-11-9-15(2)10-12-16/h4-12H,3,13-14H2,1-2H3,(H,22,24)(H,25,26). The van der Waals surface area contributed by atoms with Gasteiger partial charge in [0.15, 0.2) is 11.3 Å². The number of aliphatic carboxylic acids is 1. The molecule has 1 amide bonds. The van der Waals surface area contributed by atoms with E-state index >= 15 is 0 Å². The maximum atomic E-state index is 12.4. The van der Waals surface area contributed by atoms with E-state index in [9.17, 15) is 19.5 Å². The number of carboxylic acids is 1. The largest absolute Gasteiger partial charge is 0.479 e. The predicted molar refractivity (Wildman–Crippen MR) is 98.9 cm³/mol. The van der Waals surface area contributed by atoms with E-state index in [1.807, 2.05) is 19.1 Å². The van der Waals surface area contributed by atoms with Crippen molar-refractivity contribution in [2.75, 3.05) is 0 Å². The fourth-order valence-corrected chi connectivity index (χ4v) is 2.83. The van der Waals surface area contributed by atoms with Crippen LogP contribution in [0, 0.1) is 6.92 Å². The number of carbonyl (C=O) groups excluding carboxylic acids is 2. The third-order valence-electron chi connectivity index (χ3n) is 4.47. The lowest BCUT2D eigenvalue weighted by atomic mass is 9.87. The number of nitrogens with one attached hydrogen (secondary N) is 1. The Morgan fingerprint density at radius 3 is 2.12 bits per heavy atom. The van der Waals surface area contributed by atoms with Crippen LogP contribution in [0.25, 0.3) is 0 Å². The summed E-state index contributed by atoms with van der Waals surface area (Å²) in [6.07, 6.45) is 0.168. The molecule has 0 aliphatic heterocycles. The van der Waals surface area contributed by atoms with Crippen LogP contribution in [0.3, 0.4) is 0 Å². The number of rotatable bonds is 8. The Morgan fingerprint density at radius 1 is 0.962 bits per heavy atom. The zero-order valence-corrected chi connectivity index (χ0v) is 15.0. The van der Waals surface area contributed by atoms with Gasteiger partial charge in [-0.1, -0.05) is 67.1 Å². The molecule has 0 saturated carbocycles. The zero-order valence-electron chi connectivity index (χ0n) is 15.0. The van der Waals surface area contributed by atoms with Crippen molar-refractivity contribution in [2.45, 2.75) is 38.6 Å². The Hall–Kier alpha value is -2.95. The van der Waals surface area contributed by atoms with Crippen molar-refractivity contribution < 1.29 is 19.5 Å². The molecular weight excluding hydrogens is 330 g/mol. The summed E-state index contributed by atoms with van der Waals surface area (Å²) in [6, 6.07) is 15.7. The molecule has 0 heterocycles. The second kappa shape index (κ2) is 8.43. The molecule has 0 fully saturated rings. The normalized spacial score (nSPS) is 12.8. The molecule has 2 aromatic rings. The molecule has 5 nitrogen and oxygen atoms in total. The second-order valence-electron chi connectivity index (χ2n) is 6.27. The Balaban J connectivity index is 2.07. The van der Waals surface area contributed by atoms with Gasteiger partial charge in [-0.05, 0) is 18.9 Å². The SMILES string of the molecule is CCC(NC(=O)CCC(=O)c1ccc(C)cc1)(C(=O)O)c1ccccc1. The highest BCUT2D eigenvalue weighted by molar-refractivity contribution is 5.98. The highest BCUT2D eigenvalue weighted by Crippen LogP contribution is 2.25. The van der Waals surface area contributed by atoms with Gasteiger partial charge in [0.2, 0.25) is 5.91 Å². The topological polar surface area (TPSA) is 83.5 Å². The summed E-state index contributed by atoms with van der Waals surface area (Å²) >= 11 is 0. The molecule has 0 aliphatic carbocycles. The van der Waals surface area contributed by atoms with E-state index < -0.39 is 17.4 Å². The molecule has 2 rings (SSSR count). The van der Waals surface area contributed by atoms with Crippen LogP contribution in [0.4, 0.5) is 0 Å². The van der Waals surface area contributed by atoms with Gasteiger partial charge >= 0.3 is 5.97 Å². The molecule has 0 spiro atoms.